The summed E-state index contributed by atoms with van der Waals surface area (Å²) in [6.45, 7) is 2.80. The number of benzene rings is 3. The highest BCUT2D eigenvalue weighted by molar-refractivity contribution is 6.32. The quantitative estimate of drug-likeness (QED) is 0.305. The van der Waals surface area contributed by atoms with Gasteiger partial charge in [-0.05, 0) is 55.0 Å². The Morgan fingerprint density at radius 3 is 2.43 bits per heavy atom. The second-order valence-corrected chi connectivity index (χ2v) is 7.05. The summed E-state index contributed by atoms with van der Waals surface area (Å²) >= 11 is 12.3. The lowest BCUT2D eigenvalue weighted by atomic mass is 10.2. The SMILES string of the molecule is CCOc1cc(/C=N/Nc2ccc(OC)c(Cl)c2)ccc1OCc1ccccc1Cl. The van der Waals surface area contributed by atoms with Gasteiger partial charge in [0.25, 0.3) is 0 Å². The fourth-order valence-corrected chi connectivity index (χ4v) is 3.13. The van der Waals surface area contributed by atoms with Gasteiger partial charge in [0, 0.05) is 10.6 Å². The van der Waals surface area contributed by atoms with Gasteiger partial charge >= 0.3 is 0 Å². The number of nitrogens with zero attached hydrogens (tertiary/aromatic N) is 1. The maximum absolute atomic E-state index is 6.20. The van der Waals surface area contributed by atoms with Gasteiger partial charge in [-0.25, -0.2) is 0 Å². The van der Waals surface area contributed by atoms with Crippen molar-refractivity contribution in [2.75, 3.05) is 19.1 Å². The van der Waals surface area contributed by atoms with E-state index in [1.165, 1.54) is 0 Å². The van der Waals surface area contributed by atoms with Crippen LogP contribution >= 0.6 is 23.2 Å². The molecule has 5 nitrogen and oxygen atoms in total. The van der Waals surface area contributed by atoms with Crippen LogP contribution in [0.2, 0.25) is 10.0 Å². The van der Waals surface area contributed by atoms with Gasteiger partial charge in [0.15, 0.2) is 11.5 Å². The molecule has 30 heavy (non-hydrogen) atoms. The van der Waals surface area contributed by atoms with Crippen LogP contribution in [0.5, 0.6) is 17.2 Å². The van der Waals surface area contributed by atoms with E-state index in [0.29, 0.717) is 40.5 Å². The summed E-state index contributed by atoms with van der Waals surface area (Å²) in [6.07, 6.45) is 1.69. The largest absolute Gasteiger partial charge is 0.495 e. The van der Waals surface area contributed by atoms with Crippen molar-refractivity contribution in [1.29, 1.82) is 0 Å². The molecule has 0 amide bonds. The summed E-state index contributed by atoms with van der Waals surface area (Å²) in [6, 6.07) is 18.6. The Morgan fingerprint density at radius 1 is 0.900 bits per heavy atom. The minimum absolute atomic E-state index is 0.354. The van der Waals surface area contributed by atoms with Crippen molar-refractivity contribution in [3.8, 4) is 17.2 Å². The topological polar surface area (TPSA) is 52.1 Å². The Kier molecular flexibility index (Phi) is 7.82. The third kappa shape index (κ3) is 5.81. The Labute approximate surface area is 186 Å². The molecule has 0 atom stereocenters. The van der Waals surface area contributed by atoms with E-state index in [9.17, 15) is 0 Å². The van der Waals surface area contributed by atoms with Gasteiger partial charge in [-0.15, -0.1) is 0 Å². The molecule has 0 aromatic heterocycles. The van der Waals surface area contributed by atoms with E-state index in [0.717, 1.165) is 16.8 Å². The molecule has 0 aliphatic heterocycles. The normalized spacial score (nSPS) is 10.8. The van der Waals surface area contributed by atoms with Crippen molar-refractivity contribution >= 4 is 35.1 Å². The van der Waals surface area contributed by atoms with Crippen molar-refractivity contribution in [1.82, 2.24) is 0 Å². The summed E-state index contributed by atoms with van der Waals surface area (Å²) in [5.41, 5.74) is 5.47. The molecule has 0 bridgehead atoms. The summed E-state index contributed by atoms with van der Waals surface area (Å²) < 4.78 is 16.8. The zero-order valence-electron chi connectivity index (χ0n) is 16.7. The molecule has 156 valence electrons. The van der Waals surface area contributed by atoms with Crippen LogP contribution in [0, 0.1) is 0 Å². The standard InChI is InChI=1S/C23H22Cl2N2O3/c1-3-29-23-12-16(14-26-27-18-9-11-21(28-2)20(25)13-18)8-10-22(23)30-15-17-6-4-5-7-19(17)24/h4-14,27H,3,15H2,1-2H3/b26-14+. The number of hydrogen-bond acceptors (Lipinski definition) is 5. The van der Waals surface area contributed by atoms with Gasteiger partial charge in [-0.2, -0.15) is 5.10 Å². The molecule has 0 heterocycles. The molecule has 7 heteroatoms. The lowest BCUT2D eigenvalue weighted by molar-refractivity contribution is 0.269. The van der Waals surface area contributed by atoms with Crippen LogP contribution in [-0.4, -0.2) is 19.9 Å². The first kappa shape index (κ1) is 21.8. The summed E-state index contributed by atoms with van der Waals surface area (Å²) in [4.78, 5) is 0. The summed E-state index contributed by atoms with van der Waals surface area (Å²) in [5.74, 6) is 1.89. The second kappa shape index (κ2) is 10.8. The van der Waals surface area contributed by atoms with Crippen LogP contribution in [-0.2, 0) is 6.61 Å². The highest BCUT2D eigenvalue weighted by Gasteiger charge is 2.08. The third-order valence-corrected chi connectivity index (χ3v) is 4.83. The van der Waals surface area contributed by atoms with Crippen molar-refractivity contribution in [3.05, 3.63) is 81.8 Å². The molecule has 3 rings (SSSR count). The van der Waals surface area contributed by atoms with Crippen LogP contribution in [0.1, 0.15) is 18.1 Å². The highest BCUT2D eigenvalue weighted by atomic mass is 35.5. The first-order chi connectivity index (χ1) is 14.6. The number of methoxy groups -OCH3 is 1. The van der Waals surface area contributed by atoms with Crippen molar-refractivity contribution in [2.24, 2.45) is 5.10 Å². The van der Waals surface area contributed by atoms with Crippen molar-refractivity contribution in [3.63, 3.8) is 0 Å². The third-order valence-electron chi connectivity index (χ3n) is 4.17. The fraction of sp³-hybridized carbons (Fsp3) is 0.174. The summed E-state index contributed by atoms with van der Waals surface area (Å²) in [5, 5.41) is 5.44. The van der Waals surface area contributed by atoms with Gasteiger partial charge in [0.05, 0.1) is 30.6 Å². The predicted octanol–water partition coefficient (Wildman–Crippen LogP) is 6.43. The van der Waals surface area contributed by atoms with Gasteiger partial charge in [-0.1, -0.05) is 41.4 Å². The number of halogens is 2. The van der Waals surface area contributed by atoms with E-state index in [1.807, 2.05) is 55.5 Å². The lowest BCUT2D eigenvalue weighted by Gasteiger charge is -2.13. The van der Waals surface area contributed by atoms with Gasteiger partial charge < -0.3 is 14.2 Å². The summed E-state index contributed by atoms with van der Waals surface area (Å²) in [7, 11) is 1.57. The van der Waals surface area contributed by atoms with E-state index in [-0.39, 0.29) is 0 Å². The Morgan fingerprint density at radius 2 is 1.70 bits per heavy atom. The van der Waals surface area contributed by atoms with Gasteiger partial charge in [0.1, 0.15) is 12.4 Å². The number of rotatable bonds is 9. The van der Waals surface area contributed by atoms with E-state index in [1.54, 1.807) is 25.5 Å². The van der Waals surface area contributed by atoms with Gasteiger partial charge in [0.2, 0.25) is 0 Å². The number of hydrazone groups is 1. The number of hydrogen-bond donors (Lipinski definition) is 1. The molecule has 0 aliphatic carbocycles. The highest BCUT2D eigenvalue weighted by Crippen LogP contribution is 2.30. The van der Waals surface area contributed by atoms with Crippen LogP contribution < -0.4 is 19.6 Å². The van der Waals surface area contributed by atoms with Crippen LogP contribution in [0.25, 0.3) is 0 Å². The molecule has 0 unspecified atom stereocenters. The molecule has 0 spiro atoms. The number of anilines is 1. The Hall–Kier alpha value is -2.89. The molecular formula is C23H22Cl2N2O3. The fourth-order valence-electron chi connectivity index (χ4n) is 2.68. The maximum Gasteiger partial charge on any atom is 0.161 e. The minimum atomic E-state index is 0.354. The first-order valence-corrected chi connectivity index (χ1v) is 10.1. The monoisotopic (exact) mass is 444 g/mol. The molecule has 3 aromatic carbocycles. The lowest BCUT2D eigenvalue weighted by Crippen LogP contribution is -2.01. The van der Waals surface area contributed by atoms with Crippen molar-refractivity contribution < 1.29 is 14.2 Å². The van der Waals surface area contributed by atoms with E-state index >= 15 is 0 Å². The average Bonchev–Trinajstić information content (AvgIpc) is 2.74. The zero-order valence-corrected chi connectivity index (χ0v) is 18.2. The Balaban J connectivity index is 1.68. The van der Waals surface area contributed by atoms with Crippen LogP contribution in [0.3, 0.4) is 0 Å². The first-order valence-electron chi connectivity index (χ1n) is 9.36. The maximum atomic E-state index is 6.20. The van der Waals surface area contributed by atoms with Crippen molar-refractivity contribution in [2.45, 2.75) is 13.5 Å². The molecule has 0 radical (unpaired) electrons. The zero-order chi connectivity index (χ0) is 21.3. The smallest absolute Gasteiger partial charge is 0.161 e. The van der Waals surface area contributed by atoms with Crippen LogP contribution in [0.4, 0.5) is 5.69 Å². The van der Waals surface area contributed by atoms with Crippen LogP contribution in [0.15, 0.2) is 65.8 Å². The molecule has 0 aliphatic rings. The second-order valence-electron chi connectivity index (χ2n) is 6.24. The minimum Gasteiger partial charge on any atom is -0.495 e. The molecule has 0 fully saturated rings. The van der Waals surface area contributed by atoms with E-state index in [4.69, 9.17) is 37.4 Å². The van der Waals surface area contributed by atoms with E-state index in [2.05, 4.69) is 10.5 Å². The molecule has 3 aromatic rings. The number of ether oxygens (including phenoxy) is 3. The number of nitrogens with one attached hydrogen (secondary N) is 1. The van der Waals surface area contributed by atoms with E-state index < -0.39 is 0 Å². The molecule has 0 saturated heterocycles. The molecule has 1 N–H and O–H groups in total. The Bertz CT molecular complexity index is 1030. The molecule has 0 saturated carbocycles. The molecular weight excluding hydrogens is 423 g/mol. The van der Waals surface area contributed by atoms with Gasteiger partial charge in [-0.3, -0.25) is 5.43 Å². The average molecular weight is 445 g/mol. The predicted molar refractivity (Wildman–Crippen MR) is 123 cm³/mol.